The third-order valence-corrected chi connectivity index (χ3v) is 3.84. The molecule has 0 aliphatic rings. The minimum atomic E-state index is -0.518. The van der Waals surface area contributed by atoms with Crippen LogP contribution in [0.1, 0.15) is 15.2 Å². The van der Waals surface area contributed by atoms with Crippen molar-refractivity contribution in [2.24, 2.45) is 0 Å². The Morgan fingerprint density at radius 3 is 2.76 bits per heavy atom. The lowest BCUT2D eigenvalue weighted by Gasteiger charge is -2.19. The van der Waals surface area contributed by atoms with Gasteiger partial charge in [-0.3, -0.25) is 10.1 Å². The van der Waals surface area contributed by atoms with Gasteiger partial charge in [0.1, 0.15) is 5.69 Å². The first kappa shape index (κ1) is 15.0. The SMILES string of the molecule is COC(=O)c1ccc([N+](=O)[O-])c(N(C)Cc2cccs2)c1. The summed E-state index contributed by atoms with van der Waals surface area (Å²) in [6, 6.07) is 8.08. The number of nitro groups is 1. The molecule has 1 aromatic heterocycles. The summed E-state index contributed by atoms with van der Waals surface area (Å²) < 4.78 is 4.65. The Bertz CT molecular complexity index is 655. The quantitative estimate of drug-likeness (QED) is 0.482. The van der Waals surface area contributed by atoms with Crippen LogP contribution in [-0.2, 0) is 11.3 Å². The van der Waals surface area contributed by atoms with E-state index in [4.69, 9.17) is 0 Å². The van der Waals surface area contributed by atoms with Crippen LogP contribution >= 0.6 is 11.3 Å². The van der Waals surface area contributed by atoms with Gasteiger partial charge in [0.05, 0.1) is 24.1 Å². The summed E-state index contributed by atoms with van der Waals surface area (Å²) in [4.78, 5) is 25.1. The summed E-state index contributed by atoms with van der Waals surface area (Å²) in [5.41, 5.74) is 0.633. The van der Waals surface area contributed by atoms with Crippen molar-refractivity contribution in [3.05, 3.63) is 56.3 Å². The molecular formula is C14H14N2O4S. The van der Waals surface area contributed by atoms with Crippen molar-refractivity contribution < 1.29 is 14.5 Å². The number of hydrogen-bond acceptors (Lipinski definition) is 6. The molecule has 0 saturated heterocycles. The molecule has 6 nitrogen and oxygen atoms in total. The zero-order valence-corrected chi connectivity index (χ0v) is 12.4. The molecule has 0 N–H and O–H groups in total. The van der Waals surface area contributed by atoms with Crippen LogP contribution in [-0.4, -0.2) is 25.1 Å². The number of nitrogens with zero attached hydrogens (tertiary/aromatic N) is 2. The number of methoxy groups -OCH3 is 1. The Balaban J connectivity index is 2.37. The molecule has 0 aliphatic heterocycles. The molecular weight excluding hydrogens is 292 g/mol. The lowest BCUT2D eigenvalue weighted by atomic mass is 10.1. The van der Waals surface area contributed by atoms with Gasteiger partial charge in [-0.05, 0) is 23.6 Å². The smallest absolute Gasteiger partial charge is 0.337 e. The minimum Gasteiger partial charge on any atom is -0.465 e. The van der Waals surface area contributed by atoms with Gasteiger partial charge in [-0.2, -0.15) is 0 Å². The molecule has 0 amide bonds. The minimum absolute atomic E-state index is 0.0401. The van der Waals surface area contributed by atoms with Crippen molar-refractivity contribution in [3.8, 4) is 0 Å². The number of thiophene rings is 1. The molecule has 1 aromatic carbocycles. The fourth-order valence-corrected chi connectivity index (χ4v) is 2.71. The highest BCUT2D eigenvalue weighted by molar-refractivity contribution is 7.09. The van der Waals surface area contributed by atoms with E-state index in [1.165, 1.54) is 25.3 Å². The number of ether oxygens (including phenoxy) is 1. The Kier molecular flexibility index (Phi) is 4.54. The van der Waals surface area contributed by atoms with Gasteiger partial charge in [-0.25, -0.2) is 4.79 Å². The predicted molar refractivity (Wildman–Crippen MR) is 80.9 cm³/mol. The fraction of sp³-hybridized carbons (Fsp3) is 0.214. The first-order valence-corrected chi connectivity index (χ1v) is 7.01. The predicted octanol–water partition coefficient (Wildman–Crippen LogP) is 3.08. The lowest BCUT2D eigenvalue weighted by molar-refractivity contribution is -0.384. The van der Waals surface area contributed by atoms with Gasteiger partial charge in [0.15, 0.2) is 0 Å². The highest BCUT2D eigenvalue weighted by atomic mass is 32.1. The molecule has 110 valence electrons. The highest BCUT2D eigenvalue weighted by Gasteiger charge is 2.20. The maximum atomic E-state index is 11.6. The Labute approximate surface area is 125 Å². The maximum Gasteiger partial charge on any atom is 0.337 e. The Hall–Kier alpha value is -2.41. The van der Waals surface area contributed by atoms with Crippen LogP contribution in [0.3, 0.4) is 0 Å². The van der Waals surface area contributed by atoms with Gasteiger partial charge in [-0.15, -0.1) is 11.3 Å². The molecule has 2 rings (SSSR count). The monoisotopic (exact) mass is 306 g/mol. The fourth-order valence-electron chi connectivity index (χ4n) is 1.95. The zero-order chi connectivity index (χ0) is 15.4. The first-order valence-electron chi connectivity index (χ1n) is 6.13. The van der Waals surface area contributed by atoms with Crippen LogP contribution < -0.4 is 4.90 Å². The van der Waals surface area contributed by atoms with E-state index in [0.29, 0.717) is 12.2 Å². The van der Waals surface area contributed by atoms with E-state index in [2.05, 4.69) is 4.74 Å². The number of nitro benzene ring substituents is 1. The molecule has 1 heterocycles. The van der Waals surface area contributed by atoms with E-state index < -0.39 is 10.9 Å². The van der Waals surface area contributed by atoms with E-state index in [9.17, 15) is 14.9 Å². The number of carbonyl (C=O) groups is 1. The van der Waals surface area contributed by atoms with Gasteiger partial charge >= 0.3 is 5.97 Å². The lowest BCUT2D eigenvalue weighted by Crippen LogP contribution is -2.18. The van der Waals surface area contributed by atoms with E-state index in [0.717, 1.165) is 4.88 Å². The molecule has 0 spiro atoms. The van der Waals surface area contributed by atoms with Gasteiger partial charge in [0.25, 0.3) is 5.69 Å². The second-order valence-electron chi connectivity index (χ2n) is 4.39. The van der Waals surface area contributed by atoms with Crippen LogP contribution in [0.4, 0.5) is 11.4 Å². The molecule has 0 atom stereocenters. The number of rotatable bonds is 5. The third kappa shape index (κ3) is 3.38. The number of benzene rings is 1. The zero-order valence-electron chi connectivity index (χ0n) is 11.6. The highest BCUT2D eigenvalue weighted by Crippen LogP contribution is 2.30. The first-order chi connectivity index (χ1) is 10.0. The van der Waals surface area contributed by atoms with Crippen molar-refractivity contribution >= 4 is 28.7 Å². The summed E-state index contributed by atoms with van der Waals surface area (Å²) in [6.45, 7) is 0.531. The van der Waals surface area contributed by atoms with Crippen LogP contribution in [0.15, 0.2) is 35.7 Å². The van der Waals surface area contributed by atoms with E-state index in [-0.39, 0.29) is 11.3 Å². The summed E-state index contributed by atoms with van der Waals surface area (Å²) in [5, 5.41) is 13.1. The average Bonchev–Trinajstić information content (AvgIpc) is 2.98. The number of anilines is 1. The summed E-state index contributed by atoms with van der Waals surface area (Å²) in [7, 11) is 3.03. The standard InChI is InChI=1S/C14H14N2O4S/c1-15(9-11-4-3-7-21-11)13-8-10(14(17)20-2)5-6-12(13)16(18)19/h3-8H,9H2,1-2H3. The normalized spacial score (nSPS) is 10.2. The van der Waals surface area contributed by atoms with E-state index in [1.54, 1.807) is 23.3 Å². The Morgan fingerprint density at radius 2 is 2.19 bits per heavy atom. The number of carbonyl (C=O) groups excluding carboxylic acids is 1. The van der Waals surface area contributed by atoms with Crippen molar-refractivity contribution in [3.63, 3.8) is 0 Å². The van der Waals surface area contributed by atoms with Crippen LogP contribution in [0.5, 0.6) is 0 Å². The molecule has 21 heavy (non-hydrogen) atoms. The average molecular weight is 306 g/mol. The second kappa shape index (κ2) is 6.36. The van der Waals surface area contributed by atoms with Gasteiger partial charge < -0.3 is 9.64 Å². The van der Waals surface area contributed by atoms with Crippen LogP contribution in [0, 0.1) is 10.1 Å². The maximum absolute atomic E-state index is 11.6. The molecule has 0 bridgehead atoms. The van der Waals surface area contributed by atoms with Crippen molar-refractivity contribution in [1.82, 2.24) is 0 Å². The molecule has 0 unspecified atom stereocenters. The molecule has 0 radical (unpaired) electrons. The van der Waals surface area contributed by atoms with Gasteiger partial charge in [0, 0.05) is 18.0 Å². The topological polar surface area (TPSA) is 72.7 Å². The molecule has 7 heteroatoms. The van der Waals surface area contributed by atoms with Crippen molar-refractivity contribution in [2.75, 3.05) is 19.1 Å². The summed E-state index contributed by atoms with van der Waals surface area (Å²) >= 11 is 1.57. The second-order valence-corrected chi connectivity index (χ2v) is 5.42. The summed E-state index contributed by atoms with van der Waals surface area (Å²) in [5.74, 6) is -0.518. The molecule has 0 fully saturated rings. The van der Waals surface area contributed by atoms with Crippen LogP contribution in [0.25, 0.3) is 0 Å². The largest absolute Gasteiger partial charge is 0.465 e. The van der Waals surface area contributed by atoms with Crippen LogP contribution in [0.2, 0.25) is 0 Å². The Morgan fingerprint density at radius 1 is 1.43 bits per heavy atom. The van der Waals surface area contributed by atoms with E-state index >= 15 is 0 Å². The molecule has 0 aliphatic carbocycles. The summed E-state index contributed by atoms with van der Waals surface area (Å²) in [6.07, 6.45) is 0. The number of esters is 1. The third-order valence-electron chi connectivity index (χ3n) is 2.98. The number of hydrogen-bond donors (Lipinski definition) is 0. The van der Waals surface area contributed by atoms with E-state index in [1.807, 2.05) is 17.5 Å². The van der Waals surface area contributed by atoms with Gasteiger partial charge in [0.2, 0.25) is 0 Å². The molecule has 0 saturated carbocycles. The van der Waals surface area contributed by atoms with Gasteiger partial charge in [-0.1, -0.05) is 6.07 Å². The van der Waals surface area contributed by atoms with Crippen molar-refractivity contribution in [2.45, 2.75) is 6.54 Å². The van der Waals surface area contributed by atoms with Crippen molar-refractivity contribution in [1.29, 1.82) is 0 Å². The molecule has 2 aromatic rings.